The second-order valence-corrected chi connectivity index (χ2v) is 5.54. The monoisotopic (exact) mass is 240 g/mol. The summed E-state index contributed by atoms with van der Waals surface area (Å²) in [4.78, 5) is 11.9. The molecule has 1 rings (SSSR count). The van der Waals surface area contributed by atoms with E-state index in [1.54, 1.807) is 0 Å². The van der Waals surface area contributed by atoms with Gasteiger partial charge in [-0.25, -0.2) is 0 Å². The summed E-state index contributed by atoms with van der Waals surface area (Å²) in [6.45, 7) is 4.35. The highest BCUT2D eigenvalue weighted by Crippen LogP contribution is 2.23. The fourth-order valence-corrected chi connectivity index (χ4v) is 2.68. The van der Waals surface area contributed by atoms with Gasteiger partial charge in [0.25, 0.3) is 0 Å². The normalized spacial score (nSPS) is 27.2. The number of nitrogens with two attached hydrogens (primary N) is 1. The first-order valence-corrected chi connectivity index (χ1v) is 7.18. The molecule has 3 N–H and O–H groups in total. The van der Waals surface area contributed by atoms with Gasteiger partial charge in [0, 0.05) is 18.5 Å². The fraction of sp³-hybridized carbons (Fsp3) is 0.929. The highest BCUT2D eigenvalue weighted by molar-refractivity contribution is 5.76. The van der Waals surface area contributed by atoms with Crippen LogP contribution >= 0.6 is 0 Å². The third-order valence-corrected chi connectivity index (χ3v) is 3.81. The Bertz CT molecular complexity index is 230. The summed E-state index contributed by atoms with van der Waals surface area (Å²) in [6.07, 6.45) is 8.71. The van der Waals surface area contributed by atoms with Gasteiger partial charge >= 0.3 is 0 Å². The zero-order chi connectivity index (χ0) is 12.7. The molecule has 0 bridgehead atoms. The molecule has 3 atom stereocenters. The molecule has 100 valence electrons. The van der Waals surface area contributed by atoms with E-state index in [1.165, 1.54) is 25.7 Å². The summed E-state index contributed by atoms with van der Waals surface area (Å²) >= 11 is 0. The van der Waals surface area contributed by atoms with E-state index >= 15 is 0 Å². The molecule has 0 saturated heterocycles. The Balaban J connectivity index is 2.33. The maximum absolute atomic E-state index is 11.9. The smallest absolute Gasteiger partial charge is 0.221 e. The Morgan fingerprint density at radius 1 is 1.35 bits per heavy atom. The molecule has 0 aromatic rings. The molecular formula is C14H28N2O. The molecule has 3 nitrogen and oxygen atoms in total. The molecular weight excluding hydrogens is 212 g/mol. The van der Waals surface area contributed by atoms with Crippen LogP contribution in [-0.2, 0) is 4.79 Å². The lowest BCUT2D eigenvalue weighted by Gasteiger charge is -2.23. The summed E-state index contributed by atoms with van der Waals surface area (Å²) < 4.78 is 0. The van der Waals surface area contributed by atoms with Gasteiger partial charge in [0.05, 0.1) is 0 Å². The number of amides is 1. The maximum atomic E-state index is 11.9. The minimum absolute atomic E-state index is 0.0288. The van der Waals surface area contributed by atoms with Crippen LogP contribution in [0.3, 0.4) is 0 Å². The van der Waals surface area contributed by atoms with Crippen LogP contribution in [0.25, 0.3) is 0 Å². The van der Waals surface area contributed by atoms with Gasteiger partial charge in [-0.1, -0.05) is 39.5 Å². The van der Waals surface area contributed by atoms with Crippen molar-refractivity contribution in [1.82, 2.24) is 5.32 Å². The zero-order valence-corrected chi connectivity index (χ0v) is 11.4. The molecule has 0 heterocycles. The van der Waals surface area contributed by atoms with E-state index in [9.17, 15) is 4.79 Å². The van der Waals surface area contributed by atoms with Gasteiger partial charge in [-0.05, 0) is 25.2 Å². The van der Waals surface area contributed by atoms with Crippen molar-refractivity contribution in [3.05, 3.63) is 0 Å². The molecule has 1 aliphatic carbocycles. The topological polar surface area (TPSA) is 55.1 Å². The van der Waals surface area contributed by atoms with Crippen LogP contribution in [-0.4, -0.2) is 18.0 Å². The first kappa shape index (κ1) is 14.5. The Labute approximate surface area is 106 Å². The van der Waals surface area contributed by atoms with Gasteiger partial charge in [-0.15, -0.1) is 0 Å². The van der Waals surface area contributed by atoms with Crippen molar-refractivity contribution in [2.24, 2.45) is 11.7 Å². The molecule has 1 fully saturated rings. The number of hydrogen-bond acceptors (Lipinski definition) is 2. The predicted molar refractivity (Wildman–Crippen MR) is 71.7 cm³/mol. The molecule has 0 radical (unpaired) electrons. The van der Waals surface area contributed by atoms with E-state index < -0.39 is 0 Å². The second-order valence-electron chi connectivity index (χ2n) is 5.54. The third-order valence-electron chi connectivity index (χ3n) is 3.81. The highest BCUT2D eigenvalue weighted by Gasteiger charge is 2.21. The molecule has 0 spiro atoms. The van der Waals surface area contributed by atoms with Gasteiger partial charge in [-0.2, -0.15) is 0 Å². The van der Waals surface area contributed by atoms with Gasteiger partial charge in [0.1, 0.15) is 0 Å². The molecule has 0 aliphatic heterocycles. The maximum Gasteiger partial charge on any atom is 0.221 e. The van der Waals surface area contributed by atoms with Gasteiger partial charge in [0.2, 0.25) is 5.91 Å². The quantitative estimate of drug-likeness (QED) is 0.726. The Kier molecular flexibility index (Phi) is 6.56. The highest BCUT2D eigenvalue weighted by atomic mass is 16.1. The summed E-state index contributed by atoms with van der Waals surface area (Å²) in [5.74, 6) is 0.758. The summed E-state index contributed by atoms with van der Waals surface area (Å²) in [5, 5.41) is 3.18. The Hall–Kier alpha value is -0.570. The van der Waals surface area contributed by atoms with Gasteiger partial charge in [0.15, 0.2) is 0 Å². The van der Waals surface area contributed by atoms with E-state index in [-0.39, 0.29) is 11.9 Å². The van der Waals surface area contributed by atoms with Crippen LogP contribution in [0.4, 0.5) is 0 Å². The van der Waals surface area contributed by atoms with Crippen molar-refractivity contribution in [3.8, 4) is 0 Å². The van der Waals surface area contributed by atoms with E-state index in [4.69, 9.17) is 5.73 Å². The van der Waals surface area contributed by atoms with E-state index in [1.807, 2.05) is 0 Å². The lowest BCUT2D eigenvalue weighted by molar-refractivity contribution is -0.122. The van der Waals surface area contributed by atoms with Crippen molar-refractivity contribution in [2.45, 2.75) is 77.3 Å². The molecule has 1 saturated carbocycles. The van der Waals surface area contributed by atoms with Crippen LogP contribution < -0.4 is 11.1 Å². The number of carbonyl (C=O) groups excluding carboxylic acids is 1. The number of rotatable bonds is 5. The van der Waals surface area contributed by atoms with Crippen molar-refractivity contribution < 1.29 is 4.79 Å². The fourth-order valence-electron chi connectivity index (χ4n) is 2.68. The van der Waals surface area contributed by atoms with Crippen LogP contribution in [0.1, 0.15) is 65.2 Å². The zero-order valence-electron chi connectivity index (χ0n) is 11.4. The first-order chi connectivity index (χ1) is 8.13. The second kappa shape index (κ2) is 7.70. The SMILES string of the molecule is CCCC(N)CC(=O)NC1CCCCCC1C. The third kappa shape index (κ3) is 5.53. The Morgan fingerprint density at radius 2 is 2.06 bits per heavy atom. The van der Waals surface area contributed by atoms with Crippen molar-refractivity contribution in [3.63, 3.8) is 0 Å². The van der Waals surface area contributed by atoms with E-state index in [0.29, 0.717) is 18.4 Å². The van der Waals surface area contributed by atoms with Crippen molar-refractivity contribution >= 4 is 5.91 Å². The summed E-state index contributed by atoms with van der Waals surface area (Å²) in [7, 11) is 0. The largest absolute Gasteiger partial charge is 0.353 e. The van der Waals surface area contributed by atoms with Crippen LogP contribution in [0.2, 0.25) is 0 Å². The minimum Gasteiger partial charge on any atom is -0.353 e. The molecule has 0 aromatic carbocycles. The average Bonchev–Trinajstić information content (AvgIpc) is 2.44. The van der Waals surface area contributed by atoms with E-state index in [0.717, 1.165) is 19.3 Å². The summed E-state index contributed by atoms with van der Waals surface area (Å²) in [5.41, 5.74) is 5.89. The molecule has 0 aromatic heterocycles. The van der Waals surface area contributed by atoms with Gasteiger partial charge in [-0.3, -0.25) is 4.79 Å². The van der Waals surface area contributed by atoms with Crippen molar-refractivity contribution in [2.75, 3.05) is 0 Å². The minimum atomic E-state index is 0.0288. The van der Waals surface area contributed by atoms with Crippen molar-refractivity contribution in [1.29, 1.82) is 0 Å². The standard InChI is InChI=1S/C14H28N2O/c1-3-7-12(15)10-14(17)16-13-9-6-4-5-8-11(13)2/h11-13H,3-10,15H2,1-2H3,(H,16,17). The first-order valence-electron chi connectivity index (χ1n) is 7.18. The number of hydrogen-bond donors (Lipinski definition) is 2. The van der Waals surface area contributed by atoms with Gasteiger partial charge < -0.3 is 11.1 Å². The van der Waals surface area contributed by atoms with Crippen LogP contribution in [0, 0.1) is 5.92 Å². The average molecular weight is 240 g/mol. The molecule has 3 unspecified atom stereocenters. The van der Waals surface area contributed by atoms with E-state index in [2.05, 4.69) is 19.2 Å². The predicted octanol–water partition coefficient (Wildman–Crippen LogP) is 2.59. The lowest BCUT2D eigenvalue weighted by atomic mass is 9.96. The molecule has 1 aliphatic rings. The Morgan fingerprint density at radius 3 is 2.76 bits per heavy atom. The number of carbonyl (C=O) groups is 1. The lowest BCUT2D eigenvalue weighted by Crippen LogP contribution is -2.41. The van der Waals surface area contributed by atoms with Crippen LogP contribution in [0.5, 0.6) is 0 Å². The van der Waals surface area contributed by atoms with Crippen LogP contribution in [0.15, 0.2) is 0 Å². The molecule has 3 heteroatoms. The molecule has 17 heavy (non-hydrogen) atoms. The number of nitrogens with one attached hydrogen (secondary N) is 1. The summed E-state index contributed by atoms with van der Waals surface area (Å²) in [6, 6.07) is 0.403. The molecule has 1 amide bonds.